The Morgan fingerprint density at radius 1 is 1.15 bits per heavy atom. The fourth-order valence-electron chi connectivity index (χ4n) is 3.46. The van der Waals surface area contributed by atoms with Crippen LogP contribution in [0.2, 0.25) is 0 Å². The largest absolute Gasteiger partial charge is 0.462 e. The summed E-state index contributed by atoms with van der Waals surface area (Å²) in [6.45, 7) is 6.83. The molecule has 1 amide bonds. The van der Waals surface area contributed by atoms with E-state index in [-0.39, 0.29) is 34.3 Å². The maximum atomic E-state index is 13.4. The average Bonchev–Trinajstić information content (AvgIpc) is 3.19. The number of ether oxygens (including phenoxy) is 2. The van der Waals surface area contributed by atoms with Gasteiger partial charge in [0, 0.05) is 16.9 Å². The summed E-state index contributed by atoms with van der Waals surface area (Å²) in [6, 6.07) is 3.64. The number of esters is 1. The lowest BCUT2D eigenvalue weighted by Gasteiger charge is -2.27. The van der Waals surface area contributed by atoms with Crippen LogP contribution in [-0.4, -0.2) is 53.0 Å². The normalized spacial score (nSPS) is 12.4. The molecule has 39 heavy (non-hydrogen) atoms. The van der Waals surface area contributed by atoms with E-state index < -0.39 is 51.3 Å². The van der Waals surface area contributed by atoms with Gasteiger partial charge >= 0.3 is 18.2 Å². The number of anilines is 1. The summed E-state index contributed by atoms with van der Waals surface area (Å²) in [6.07, 6.45) is -3.89. The van der Waals surface area contributed by atoms with E-state index in [4.69, 9.17) is 9.47 Å². The molecule has 0 N–H and O–H groups in total. The van der Waals surface area contributed by atoms with Crippen molar-refractivity contribution in [3.63, 3.8) is 0 Å². The van der Waals surface area contributed by atoms with E-state index in [1.165, 1.54) is 30.6 Å². The lowest BCUT2D eigenvalue weighted by molar-refractivity contribution is -0.137. The minimum atomic E-state index is -4.81. The molecule has 3 rings (SSSR count). The van der Waals surface area contributed by atoms with E-state index in [0.29, 0.717) is 16.7 Å². The summed E-state index contributed by atoms with van der Waals surface area (Å²) in [5.41, 5.74) is -2.93. The smallest absolute Gasteiger partial charge is 0.417 e. The lowest BCUT2D eigenvalue weighted by Crippen LogP contribution is -2.38. The molecule has 3 aromatic heterocycles. The molecule has 0 radical (unpaired) electrons. The molecule has 3 aromatic rings. The monoisotopic (exact) mass is 634 g/mol. The highest BCUT2D eigenvalue weighted by Gasteiger charge is 2.36. The number of hydrogen-bond acceptors (Lipinski definition) is 8. The Morgan fingerprint density at radius 3 is 2.38 bits per heavy atom. The number of halogens is 4. The molecule has 15 heteroatoms. The molecule has 10 nitrogen and oxygen atoms in total. The Kier molecular flexibility index (Phi) is 8.65. The summed E-state index contributed by atoms with van der Waals surface area (Å²) in [5, 5.41) is 4.31. The zero-order valence-electron chi connectivity index (χ0n) is 21.7. The summed E-state index contributed by atoms with van der Waals surface area (Å²) in [5.74, 6) is -1.79. The second-order valence-electron chi connectivity index (χ2n) is 9.24. The van der Waals surface area contributed by atoms with Gasteiger partial charge < -0.3 is 9.47 Å². The first kappa shape index (κ1) is 30.3. The highest BCUT2D eigenvalue weighted by atomic mass is 79.9. The number of alkyl halides is 3. The topological polar surface area (TPSA) is 120 Å². The van der Waals surface area contributed by atoms with Crippen molar-refractivity contribution in [1.29, 1.82) is 0 Å². The third-order valence-corrected chi connectivity index (χ3v) is 7.44. The van der Waals surface area contributed by atoms with Crippen molar-refractivity contribution in [2.75, 3.05) is 17.3 Å². The van der Waals surface area contributed by atoms with Crippen molar-refractivity contribution in [3.05, 3.63) is 51.9 Å². The molecule has 0 atom stereocenters. The Balaban J connectivity index is 2.30. The summed E-state index contributed by atoms with van der Waals surface area (Å²) < 4.78 is 78.8. The number of rotatable bonds is 7. The third-order valence-electron chi connectivity index (χ3n) is 5.19. The maximum absolute atomic E-state index is 13.4. The molecular formula is C24H26BrF3N4O6S. The number of carbonyl (C=O) groups excluding carboxylic acids is 2. The second-order valence-corrected chi connectivity index (χ2v) is 12.4. The van der Waals surface area contributed by atoms with Crippen LogP contribution in [0.4, 0.5) is 23.8 Å². The fraction of sp³-hybridized carbons (Fsp3) is 0.417. The molecule has 3 heterocycles. The van der Waals surface area contributed by atoms with E-state index in [1.807, 2.05) is 0 Å². The molecule has 0 spiro atoms. The van der Waals surface area contributed by atoms with Crippen LogP contribution in [0, 0.1) is 0 Å². The summed E-state index contributed by atoms with van der Waals surface area (Å²) in [7, 11) is -4.01. The van der Waals surface area contributed by atoms with Gasteiger partial charge in [0.1, 0.15) is 10.5 Å². The van der Waals surface area contributed by atoms with Gasteiger partial charge in [-0.05, 0) is 61.8 Å². The zero-order chi connectivity index (χ0) is 29.3. The Bertz CT molecular complexity index is 1520. The first-order chi connectivity index (χ1) is 18.0. The van der Waals surface area contributed by atoms with Crippen LogP contribution in [0.25, 0.3) is 5.52 Å². The van der Waals surface area contributed by atoms with Crippen LogP contribution in [0.5, 0.6) is 0 Å². The Hall–Kier alpha value is -3.20. The van der Waals surface area contributed by atoms with Crippen LogP contribution in [0.1, 0.15) is 56.2 Å². The quantitative estimate of drug-likeness (QED) is 0.316. The molecule has 0 aliphatic carbocycles. The summed E-state index contributed by atoms with van der Waals surface area (Å²) >= 11 is 3.29. The Morgan fingerprint density at radius 2 is 1.82 bits per heavy atom. The lowest BCUT2D eigenvalue weighted by atomic mass is 10.1. The first-order valence-corrected chi connectivity index (χ1v) is 14.1. The van der Waals surface area contributed by atoms with Gasteiger partial charge in [-0.25, -0.2) is 22.5 Å². The number of pyridine rings is 2. The molecule has 212 valence electrons. The van der Waals surface area contributed by atoms with Gasteiger partial charge in [-0.3, -0.25) is 9.88 Å². The van der Waals surface area contributed by atoms with Crippen molar-refractivity contribution in [1.82, 2.24) is 14.6 Å². The van der Waals surface area contributed by atoms with Crippen molar-refractivity contribution < 1.29 is 40.7 Å². The predicted molar refractivity (Wildman–Crippen MR) is 138 cm³/mol. The number of nitrogens with zero attached hydrogens (tertiary/aromatic N) is 4. The molecule has 0 aliphatic rings. The van der Waals surface area contributed by atoms with Crippen LogP contribution in [0.15, 0.2) is 40.0 Å². The molecule has 0 aliphatic heterocycles. The molecule has 0 bridgehead atoms. The number of fused-ring (bicyclic) bond motifs is 1. The third kappa shape index (κ3) is 6.87. The van der Waals surface area contributed by atoms with Gasteiger partial charge in [-0.15, -0.1) is 5.10 Å². The Labute approximate surface area is 231 Å². The van der Waals surface area contributed by atoms with Crippen molar-refractivity contribution in [2.45, 2.75) is 57.8 Å². The van der Waals surface area contributed by atoms with E-state index in [0.717, 1.165) is 4.90 Å². The van der Waals surface area contributed by atoms with E-state index in [9.17, 15) is 31.2 Å². The first-order valence-electron chi connectivity index (χ1n) is 11.6. The van der Waals surface area contributed by atoms with Crippen LogP contribution >= 0.6 is 15.9 Å². The molecule has 0 unspecified atom stereocenters. The van der Waals surface area contributed by atoms with Gasteiger partial charge in [0.2, 0.25) is 0 Å². The minimum absolute atomic E-state index is 0.134. The van der Waals surface area contributed by atoms with Crippen LogP contribution < -0.4 is 4.90 Å². The SMILES string of the molecule is CCOC(=O)c1cc(C(F)(F)F)cnc1CN(C(=O)OC(C)(C)C)c1nn2cc(Br)ccc2c1S(=O)(=O)CC. The zero-order valence-corrected chi connectivity index (χ0v) is 24.1. The number of carbonyl (C=O) groups is 2. The van der Waals surface area contributed by atoms with Gasteiger partial charge in [0.05, 0.1) is 41.2 Å². The molecule has 0 saturated carbocycles. The number of aromatic nitrogens is 3. The maximum Gasteiger partial charge on any atom is 0.417 e. The van der Waals surface area contributed by atoms with E-state index in [2.05, 4.69) is 26.0 Å². The van der Waals surface area contributed by atoms with E-state index >= 15 is 0 Å². The fourth-order valence-corrected chi connectivity index (χ4v) is 4.98. The summed E-state index contributed by atoms with van der Waals surface area (Å²) in [4.78, 5) is 30.4. The second kappa shape index (κ2) is 11.1. The van der Waals surface area contributed by atoms with Crippen LogP contribution in [0.3, 0.4) is 0 Å². The van der Waals surface area contributed by atoms with Crippen molar-refractivity contribution in [2.24, 2.45) is 0 Å². The molecular weight excluding hydrogens is 609 g/mol. The van der Waals surface area contributed by atoms with Gasteiger partial charge in [0.25, 0.3) is 0 Å². The molecule has 0 fully saturated rings. The van der Waals surface area contributed by atoms with Gasteiger partial charge in [0.15, 0.2) is 15.7 Å². The standard InChI is InChI=1S/C24H26BrF3N4O6S/c1-6-37-21(33)16-10-14(24(26,27)28)11-29-17(16)13-31(22(34)38-23(3,4)5)20-19(39(35,36)7-2)18-9-8-15(25)12-32(18)30-20/h8-12H,6-7,13H2,1-5H3. The van der Waals surface area contributed by atoms with Gasteiger partial charge in [-0.1, -0.05) is 6.92 Å². The van der Waals surface area contributed by atoms with E-state index in [1.54, 1.807) is 26.8 Å². The minimum Gasteiger partial charge on any atom is -0.462 e. The number of amides is 1. The highest BCUT2D eigenvalue weighted by Crippen LogP contribution is 2.34. The highest BCUT2D eigenvalue weighted by molar-refractivity contribution is 9.10. The number of hydrogen-bond donors (Lipinski definition) is 0. The molecule has 0 saturated heterocycles. The predicted octanol–water partition coefficient (Wildman–Crippen LogP) is 5.42. The van der Waals surface area contributed by atoms with Crippen LogP contribution in [-0.2, 0) is 32.0 Å². The van der Waals surface area contributed by atoms with Crippen molar-refractivity contribution in [3.8, 4) is 0 Å². The molecule has 0 aromatic carbocycles. The average molecular weight is 635 g/mol. The van der Waals surface area contributed by atoms with Crippen molar-refractivity contribution >= 4 is 49.2 Å². The van der Waals surface area contributed by atoms with Gasteiger partial charge in [-0.2, -0.15) is 13.2 Å². The number of sulfone groups is 1.